The SMILES string of the molecule is CC(C)(C)OC(=O)NCCCC(=O)OCC(=O)c1ccc2c(c1)NC(=O)CO2. The Balaban J connectivity index is 1.70. The van der Waals surface area contributed by atoms with Crippen LogP contribution in [-0.4, -0.2) is 49.1 Å². The highest BCUT2D eigenvalue weighted by Gasteiger charge is 2.19. The van der Waals surface area contributed by atoms with Gasteiger partial charge in [0.25, 0.3) is 5.91 Å². The van der Waals surface area contributed by atoms with Gasteiger partial charge >= 0.3 is 12.1 Å². The Bertz CT molecular complexity index is 768. The van der Waals surface area contributed by atoms with Gasteiger partial charge in [0.2, 0.25) is 0 Å². The molecule has 28 heavy (non-hydrogen) atoms. The lowest BCUT2D eigenvalue weighted by molar-refractivity contribution is -0.142. The number of carbonyl (C=O) groups is 4. The molecule has 0 fully saturated rings. The molecule has 0 aromatic heterocycles. The van der Waals surface area contributed by atoms with E-state index in [2.05, 4.69) is 10.6 Å². The second-order valence-electron chi connectivity index (χ2n) is 7.16. The van der Waals surface area contributed by atoms with E-state index < -0.39 is 30.1 Å². The van der Waals surface area contributed by atoms with Gasteiger partial charge in [-0.1, -0.05) is 0 Å². The van der Waals surface area contributed by atoms with E-state index in [0.717, 1.165) is 0 Å². The number of rotatable bonds is 7. The van der Waals surface area contributed by atoms with Crippen LogP contribution in [0.3, 0.4) is 0 Å². The van der Waals surface area contributed by atoms with Gasteiger partial charge in [-0.25, -0.2) is 4.79 Å². The van der Waals surface area contributed by atoms with Crippen LogP contribution in [0.1, 0.15) is 44.0 Å². The number of Topliss-reactive ketones (excluding diaryl/α,β-unsaturated/α-hetero) is 1. The summed E-state index contributed by atoms with van der Waals surface area (Å²) >= 11 is 0. The molecule has 0 bridgehead atoms. The molecule has 152 valence electrons. The van der Waals surface area contributed by atoms with Crippen LogP contribution < -0.4 is 15.4 Å². The minimum absolute atomic E-state index is 0.0527. The second-order valence-corrected chi connectivity index (χ2v) is 7.16. The third-order valence-corrected chi connectivity index (χ3v) is 3.52. The van der Waals surface area contributed by atoms with Gasteiger partial charge in [0, 0.05) is 18.5 Å². The van der Waals surface area contributed by atoms with Gasteiger partial charge in [-0.05, 0) is 45.4 Å². The van der Waals surface area contributed by atoms with Gasteiger partial charge < -0.3 is 24.8 Å². The van der Waals surface area contributed by atoms with Gasteiger partial charge in [0.05, 0.1) is 5.69 Å². The van der Waals surface area contributed by atoms with Crippen molar-refractivity contribution in [2.45, 2.75) is 39.2 Å². The first-order chi connectivity index (χ1) is 13.1. The highest BCUT2D eigenvalue weighted by Crippen LogP contribution is 2.28. The predicted octanol–water partition coefficient (Wildman–Crippen LogP) is 2.05. The number of ketones is 1. The fourth-order valence-electron chi connectivity index (χ4n) is 2.30. The zero-order valence-corrected chi connectivity index (χ0v) is 16.1. The average molecular weight is 392 g/mol. The Morgan fingerprint density at radius 2 is 2.00 bits per heavy atom. The number of hydrogen-bond acceptors (Lipinski definition) is 7. The molecule has 0 radical (unpaired) electrons. The van der Waals surface area contributed by atoms with E-state index in [1.807, 2.05) is 0 Å². The first kappa shape index (κ1) is 21.2. The number of alkyl carbamates (subject to hydrolysis) is 1. The summed E-state index contributed by atoms with van der Waals surface area (Å²) in [5.41, 5.74) is 0.111. The summed E-state index contributed by atoms with van der Waals surface area (Å²) in [6, 6.07) is 4.59. The summed E-state index contributed by atoms with van der Waals surface area (Å²) in [6.07, 6.45) is -0.148. The fourth-order valence-corrected chi connectivity index (χ4v) is 2.30. The Morgan fingerprint density at radius 3 is 2.71 bits per heavy atom. The fraction of sp³-hybridized carbons (Fsp3) is 0.474. The number of esters is 1. The lowest BCUT2D eigenvalue weighted by Crippen LogP contribution is -2.33. The van der Waals surface area contributed by atoms with E-state index in [4.69, 9.17) is 14.2 Å². The molecule has 0 saturated carbocycles. The number of carbonyl (C=O) groups excluding carboxylic acids is 4. The number of ether oxygens (including phenoxy) is 3. The van der Waals surface area contributed by atoms with E-state index in [0.29, 0.717) is 23.4 Å². The van der Waals surface area contributed by atoms with Crippen LogP contribution in [0.5, 0.6) is 5.75 Å². The van der Waals surface area contributed by atoms with E-state index in [1.54, 1.807) is 26.8 Å². The molecule has 2 rings (SSSR count). The molecule has 0 atom stereocenters. The van der Waals surface area contributed by atoms with Gasteiger partial charge in [-0.3, -0.25) is 14.4 Å². The van der Waals surface area contributed by atoms with Crippen molar-refractivity contribution in [2.24, 2.45) is 0 Å². The predicted molar refractivity (Wildman–Crippen MR) is 99.3 cm³/mol. The third-order valence-electron chi connectivity index (χ3n) is 3.52. The molecule has 0 saturated heterocycles. The summed E-state index contributed by atoms with van der Waals surface area (Å²) in [5, 5.41) is 5.14. The van der Waals surface area contributed by atoms with Crippen molar-refractivity contribution in [3.63, 3.8) is 0 Å². The van der Waals surface area contributed by atoms with Crippen molar-refractivity contribution >= 4 is 29.4 Å². The minimum Gasteiger partial charge on any atom is -0.482 e. The molecule has 1 aliphatic heterocycles. The molecule has 0 unspecified atom stereocenters. The van der Waals surface area contributed by atoms with Crippen molar-refractivity contribution in [3.05, 3.63) is 23.8 Å². The normalized spacial score (nSPS) is 12.9. The quantitative estimate of drug-likeness (QED) is 0.414. The van der Waals surface area contributed by atoms with Crippen LogP contribution in [0.15, 0.2) is 18.2 Å². The van der Waals surface area contributed by atoms with E-state index in [-0.39, 0.29) is 25.5 Å². The molecule has 9 nitrogen and oxygen atoms in total. The first-order valence-electron chi connectivity index (χ1n) is 8.86. The van der Waals surface area contributed by atoms with E-state index >= 15 is 0 Å². The molecule has 1 aliphatic rings. The standard InChI is InChI=1S/C19H24N2O7/c1-19(2,3)28-18(25)20-8-4-5-17(24)27-10-14(22)12-6-7-15-13(9-12)21-16(23)11-26-15/h6-7,9H,4-5,8,10-11H2,1-3H3,(H,20,25)(H,21,23). The van der Waals surface area contributed by atoms with Crippen molar-refractivity contribution in [1.82, 2.24) is 5.32 Å². The Hall–Kier alpha value is -3.10. The van der Waals surface area contributed by atoms with Crippen molar-refractivity contribution < 1.29 is 33.4 Å². The number of amides is 2. The maximum atomic E-state index is 12.2. The number of anilines is 1. The van der Waals surface area contributed by atoms with Crippen LogP contribution in [0.25, 0.3) is 0 Å². The summed E-state index contributed by atoms with van der Waals surface area (Å²) in [6.45, 7) is 5.04. The number of fused-ring (bicyclic) bond motifs is 1. The average Bonchev–Trinajstić information content (AvgIpc) is 2.61. The van der Waals surface area contributed by atoms with Crippen molar-refractivity contribution in [2.75, 3.05) is 25.1 Å². The smallest absolute Gasteiger partial charge is 0.407 e. The van der Waals surface area contributed by atoms with Crippen LogP contribution in [0.4, 0.5) is 10.5 Å². The molecule has 1 heterocycles. The van der Waals surface area contributed by atoms with Gasteiger partial charge in [0.1, 0.15) is 11.4 Å². The van der Waals surface area contributed by atoms with Crippen molar-refractivity contribution in [3.8, 4) is 5.75 Å². The maximum Gasteiger partial charge on any atom is 0.407 e. The topological polar surface area (TPSA) is 120 Å². The minimum atomic E-state index is -0.588. The van der Waals surface area contributed by atoms with Crippen LogP contribution in [-0.2, 0) is 19.1 Å². The lowest BCUT2D eigenvalue weighted by Gasteiger charge is -2.19. The largest absolute Gasteiger partial charge is 0.482 e. The van der Waals surface area contributed by atoms with E-state index in [1.165, 1.54) is 12.1 Å². The highest BCUT2D eigenvalue weighted by molar-refractivity contribution is 6.01. The highest BCUT2D eigenvalue weighted by atomic mass is 16.6. The zero-order valence-electron chi connectivity index (χ0n) is 16.1. The van der Waals surface area contributed by atoms with E-state index in [9.17, 15) is 19.2 Å². The monoisotopic (exact) mass is 392 g/mol. The molecule has 1 aromatic rings. The van der Waals surface area contributed by atoms with Gasteiger partial charge in [-0.2, -0.15) is 0 Å². The third kappa shape index (κ3) is 6.90. The second kappa shape index (κ2) is 9.20. The number of nitrogens with one attached hydrogen (secondary N) is 2. The van der Waals surface area contributed by atoms with Gasteiger partial charge in [0.15, 0.2) is 19.0 Å². The summed E-state index contributed by atoms with van der Waals surface area (Å²) in [4.78, 5) is 46.7. The molecule has 0 spiro atoms. The lowest BCUT2D eigenvalue weighted by atomic mass is 10.1. The Labute approximate surface area is 162 Å². The molecule has 2 N–H and O–H groups in total. The molecule has 1 aromatic carbocycles. The number of benzene rings is 1. The van der Waals surface area contributed by atoms with Crippen LogP contribution in [0.2, 0.25) is 0 Å². The number of hydrogen-bond donors (Lipinski definition) is 2. The Kier molecular flexibility index (Phi) is 6.97. The van der Waals surface area contributed by atoms with Crippen LogP contribution in [0, 0.1) is 0 Å². The van der Waals surface area contributed by atoms with Gasteiger partial charge in [-0.15, -0.1) is 0 Å². The van der Waals surface area contributed by atoms with Crippen molar-refractivity contribution in [1.29, 1.82) is 0 Å². The van der Waals surface area contributed by atoms with Crippen LogP contribution >= 0.6 is 0 Å². The summed E-state index contributed by atoms with van der Waals surface area (Å²) in [5.74, 6) is -0.772. The maximum absolute atomic E-state index is 12.2. The first-order valence-corrected chi connectivity index (χ1v) is 8.86. The molecule has 9 heteroatoms. The molecular formula is C19H24N2O7. The zero-order chi connectivity index (χ0) is 20.7. The summed E-state index contributed by atoms with van der Waals surface area (Å²) < 4.78 is 15.3. The Morgan fingerprint density at radius 1 is 1.25 bits per heavy atom. The molecule has 2 amide bonds. The molecular weight excluding hydrogens is 368 g/mol. The molecule has 0 aliphatic carbocycles. The summed E-state index contributed by atoms with van der Waals surface area (Å²) in [7, 11) is 0.